The normalized spacial score (nSPS) is 14.6. The van der Waals surface area contributed by atoms with Gasteiger partial charge in [0.2, 0.25) is 0 Å². The van der Waals surface area contributed by atoms with E-state index in [2.05, 4.69) is 10.3 Å². The van der Waals surface area contributed by atoms with Gasteiger partial charge in [0.15, 0.2) is 0 Å². The molecule has 1 aliphatic rings. The van der Waals surface area contributed by atoms with Crippen LogP contribution in [0.3, 0.4) is 0 Å². The molecule has 1 N–H and O–H groups in total. The van der Waals surface area contributed by atoms with Gasteiger partial charge >= 0.3 is 0 Å². The molecule has 0 saturated carbocycles. The number of hydrogen-bond donors (Lipinski definition) is 1. The predicted molar refractivity (Wildman–Crippen MR) is 115 cm³/mol. The zero-order valence-electron chi connectivity index (χ0n) is 16.3. The van der Waals surface area contributed by atoms with Gasteiger partial charge in [-0.05, 0) is 60.9 Å². The summed E-state index contributed by atoms with van der Waals surface area (Å²) in [4.78, 5) is 16.6. The highest BCUT2D eigenvalue weighted by molar-refractivity contribution is 7.86. The number of nitrogens with one attached hydrogen (secondary N) is 1. The Hall–Kier alpha value is -3.29. The smallest absolute Gasteiger partial charge is 0.296 e. The third-order valence-corrected chi connectivity index (χ3v) is 6.18. The topological polar surface area (TPSA) is 85.4 Å². The highest BCUT2D eigenvalue weighted by Gasteiger charge is 2.27. The minimum atomic E-state index is -3.84. The Morgan fingerprint density at radius 1 is 1.03 bits per heavy atom. The van der Waals surface area contributed by atoms with E-state index >= 15 is 0 Å². The summed E-state index contributed by atoms with van der Waals surface area (Å²) >= 11 is 0. The van der Waals surface area contributed by atoms with Gasteiger partial charge in [0.1, 0.15) is 0 Å². The zero-order chi connectivity index (χ0) is 21.1. The lowest BCUT2D eigenvalue weighted by Crippen LogP contribution is -2.10. The maximum Gasteiger partial charge on any atom is 0.296 e. The molecule has 7 heteroatoms. The van der Waals surface area contributed by atoms with Crippen LogP contribution >= 0.6 is 0 Å². The monoisotopic (exact) mass is 420 g/mol. The number of pyridine rings is 1. The van der Waals surface area contributed by atoms with Crippen LogP contribution in [0.15, 0.2) is 71.9 Å². The molecule has 0 spiro atoms. The average Bonchev–Trinajstić information content (AvgIpc) is 3.05. The van der Waals surface area contributed by atoms with Crippen LogP contribution in [-0.4, -0.2) is 25.9 Å². The highest BCUT2D eigenvalue weighted by atomic mass is 32.2. The van der Waals surface area contributed by atoms with Crippen LogP contribution in [0.1, 0.15) is 22.3 Å². The second kappa shape index (κ2) is 8.22. The molecule has 0 bridgehead atoms. The summed E-state index contributed by atoms with van der Waals surface area (Å²) in [5.41, 5.74) is 4.68. The van der Waals surface area contributed by atoms with Crippen molar-refractivity contribution in [3.63, 3.8) is 0 Å². The minimum absolute atomic E-state index is 0.0244. The Bertz CT molecular complexity index is 1220. The first-order valence-corrected chi connectivity index (χ1v) is 10.9. The largest absolute Gasteiger partial charge is 0.321 e. The number of carbonyl (C=O) groups is 1. The fourth-order valence-corrected chi connectivity index (χ4v) is 4.24. The Morgan fingerprint density at radius 2 is 1.77 bits per heavy atom. The van der Waals surface area contributed by atoms with Crippen LogP contribution in [0, 0.1) is 6.92 Å². The summed E-state index contributed by atoms with van der Waals surface area (Å²) in [5, 5.41) is 2.86. The zero-order valence-corrected chi connectivity index (χ0v) is 17.1. The molecule has 30 heavy (non-hydrogen) atoms. The van der Waals surface area contributed by atoms with E-state index in [0.29, 0.717) is 17.7 Å². The van der Waals surface area contributed by atoms with Crippen LogP contribution in [0.25, 0.3) is 11.6 Å². The van der Waals surface area contributed by atoms with Gasteiger partial charge in [0.05, 0.1) is 11.5 Å². The SMILES string of the molecule is Cc1ccc(S(=O)(=O)OCCc2cccc3c2/C(=C/c2ccncc2)C(=O)N3)cc1. The van der Waals surface area contributed by atoms with E-state index in [1.165, 1.54) is 12.1 Å². The molecular formula is C23H20N2O4S. The number of benzene rings is 2. The van der Waals surface area contributed by atoms with E-state index < -0.39 is 10.1 Å². The van der Waals surface area contributed by atoms with Gasteiger partial charge in [-0.3, -0.25) is 14.0 Å². The molecule has 2 heterocycles. The molecule has 0 saturated heterocycles. The summed E-state index contributed by atoms with van der Waals surface area (Å²) < 4.78 is 30.1. The molecule has 1 aromatic heterocycles. The van der Waals surface area contributed by atoms with Crippen molar-refractivity contribution in [2.75, 3.05) is 11.9 Å². The number of hydrogen-bond acceptors (Lipinski definition) is 5. The van der Waals surface area contributed by atoms with Crippen LogP contribution in [0.5, 0.6) is 0 Å². The molecular weight excluding hydrogens is 400 g/mol. The van der Waals surface area contributed by atoms with Crippen molar-refractivity contribution >= 4 is 33.4 Å². The third kappa shape index (κ3) is 4.17. The lowest BCUT2D eigenvalue weighted by atomic mass is 9.97. The molecule has 1 amide bonds. The van der Waals surface area contributed by atoms with Crippen LogP contribution in [-0.2, 0) is 25.5 Å². The molecule has 0 aliphatic carbocycles. The minimum Gasteiger partial charge on any atom is -0.321 e. The van der Waals surface area contributed by atoms with Gasteiger partial charge in [-0.2, -0.15) is 8.42 Å². The molecule has 3 aromatic rings. The number of amides is 1. The molecule has 2 aromatic carbocycles. The number of anilines is 1. The van der Waals surface area contributed by atoms with Gasteiger partial charge in [-0.1, -0.05) is 29.8 Å². The molecule has 4 rings (SSSR count). The number of rotatable bonds is 6. The Labute approximate surface area is 175 Å². The first-order chi connectivity index (χ1) is 14.4. The van der Waals surface area contributed by atoms with E-state index in [1.807, 2.05) is 37.3 Å². The number of carbonyl (C=O) groups excluding carboxylic acids is 1. The second-order valence-electron chi connectivity index (χ2n) is 6.97. The average molecular weight is 420 g/mol. The molecule has 152 valence electrons. The first-order valence-electron chi connectivity index (χ1n) is 9.45. The lowest BCUT2D eigenvalue weighted by Gasteiger charge is -2.10. The summed E-state index contributed by atoms with van der Waals surface area (Å²) in [6.45, 7) is 1.86. The Kier molecular flexibility index (Phi) is 5.48. The van der Waals surface area contributed by atoms with Crippen molar-refractivity contribution in [3.05, 3.63) is 89.2 Å². The van der Waals surface area contributed by atoms with Gasteiger partial charge in [-0.15, -0.1) is 0 Å². The van der Waals surface area contributed by atoms with Crippen molar-refractivity contribution < 1.29 is 17.4 Å². The van der Waals surface area contributed by atoms with Gasteiger partial charge in [0.25, 0.3) is 16.0 Å². The van der Waals surface area contributed by atoms with Gasteiger partial charge in [-0.25, -0.2) is 0 Å². The van der Waals surface area contributed by atoms with E-state index in [1.54, 1.807) is 30.6 Å². The van der Waals surface area contributed by atoms with E-state index in [0.717, 1.165) is 22.3 Å². The van der Waals surface area contributed by atoms with Crippen molar-refractivity contribution in [1.82, 2.24) is 4.98 Å². The molecule has 0 fully saturated rings. The maximum absolute atomic E-state index is 12.5. The van der Waals surface area contributed by atoms with Crippen molar-refractivity contribution in [2.45, 2.75) is 18.2 Å². The first kappa shape index (κ1) is 20.0. The fraction of sp³-hybridized carbons (Fsp3) is 0.130. The molecule has 6 nitrogen and oxygen atoms in total. The number of aromatic nitrogens is 1. The van der Waals surface area contributed by atoms with Crippen molar-refractivity contribution in [2.24, 2.45) is 0 Å². The van der Waals surface area contributed by atoms with Crippen LogP contribution < -0.4 is 5.32 Å². The summed E-state index contributed by atoms with van der Waals surface area (Å²) in [7, 11) is -3.84. The quantitative estimate of drug-likeness (QED) is 0.484. The lowest BCUT2D eigenvalue weighted by molar-refractivity contribution is -0.110. The molecule has 0 unspecified atom stereocenters. The maximum atomic E-state index is 12.5. The van der Waals surface area contributed by atoms with Crippen molar-refractivity contribution in [3.8, 4) is 0 Å². The second-order valence-corrected chi connectivity index (χ2v) is 8.59. The van der Waals surface area contributed by atoms with Gasteiger partial charge in [0, 0.05) is 29.2 Å². The van der Waals surface area contributed by atoms with Gasteiger partial charge < -0.3 is 5.32 Å². The third-order valence-electron chi connectivity index (χ3n) is 4.85. The number of aryl methyl sites for hydroxylation is 1. The summed E-state index contributed by atoms with van der Waals surface area (Å²) in [6.07, 6.45) is 5.47. The van der Waals surface area contributed by atoms with E-state index in [4.69, 9.17) is 4.18 Å². The Morgan fingerprint density at radius 3 is 2.50 bits per heavy atom. The number of fused-ring (bicyclic) bond motifs is 1. The Balaban J connectivity index is 1.56. The highest BCUT2D eigenvalue weighted by Crippen LogP contribution is 2.36. The molecule has 0 radical (unpaired) electrons. The standard InChI is InChI=1S/C23H20N2O4S/c1-16-5-7-19(8-6-16)30(27,28)29-14-11-18-3-2-4-21-22(18)20(23(26)25-21)15-17-9-12-24-13-10-17/h2-10,12-13,15H,11,14H2,1H3,(H,25,26)/b20-15-. The van der Waals surface area contributed by atoms with Crippen LogP contribution in [0.4, 0.5) is 5.69 Å². The predicted octanol–water partition coefficient (Wildman–Crippen LogP) is 3.83. The molecule has 0 atom stereocenters. The van der Waals surface area contributed by atoms with E-state index in [-0.39, 0.29) is 17.4 Å². The summed E-state index contributed by atoms with van der Waals surface area (Å²) in [6, 6.07) is 15.7. The van der Waals surface area contributed by atoms with Crippen LogP contribution in [0.2, 0.25) is 0 Å². The fourth-order valence-electron chi connectivity index (χ4n) is 3.33. The summed E-state index contributed by atoms with van der Waals surface area (Å²) in [5.74, 6) is -0.192. The number of nitrogens with zero attached hydrogens (tertiary/aromatic N) is 1. The van der Waals surface area contributed by atoms with Crippen molar-refractivity contribution in [1.29, 1.82) is 0 Å². The van der Waals surface area contributed by atoms with E-state index in [9.17, 15) is 13.2 Å². The molecule has 1 aliphatic heterocycles.